The smallest absolute Gasteiger partial charge is 0.261 e. The molecule has 0 saturated heterocycles. The number of anilines is 2. The average Bonchev–Trinajstić information content (AvgIpc) is 3.10. The number of hydrogen-bond acceptors (Lipinski definition) is 5. The fourth-order valence-corrected chi connectivity index (χ4v) is 2.43. The second-order valence-corrected chi connectivity index (χ2v) is 5.55. The molecule has 2 heterocycles. The molecule has 0 aliphatic rings. The van der Waals surface area contributed by atoms with E-state index >= 15 is 0 Å². The van der Waals surface area contributed by atoms with Gasteiger partial charge in [-0.25, -0.2) is 9.37 Å². The van der Waals surface area contributed by atoms with E-state index in [0.717, 1.165) is 6.07 Å². The van der Waals surface area contributed by atoms with Gasteiger partial charge in [-0.05, 0) is 43.3 Å². The summed E-state index contributed by atoms with van der Waals surface area (Å²) in [7, 11) is 1.41. The summed E-state index contributed by atoms with van der Waals surface area (Å²) in [4.78, 5) is 28.6. The van der Waals surface area contributed by atoms with Crippen LogP contribution in [0.2, 0.25) is 0 Å². The molecule has 0 spiro atoms. The number of nitrogens with one attached hydrogen (secondary N) is 2. The van der Waals surface area contributed by atoms with E-state index in [4.69, 9.17) is 9.15 Å². The summed E-state index contributed by atoms with van der Waals surface area (Å²) in [6.07, 6.45) is 2.87. The van der Waals surface area contributed by atoms with Crippen molar-refractivity contribution >= 4 is 23.2 Å². The van der Waals surface area contributed by atoms with Crippen molar-refractivity contribution < 1.29 is 23.1 Å². The van der Waals surface area contributed by atoms with Crippen molar-refractivity contribution in [3.05, 3.63) is 71.6 Å². The van der Waals surface area contributed by atoms with Gasteiger partial charge in [0.05, 0.1) is 24.6 Å². The number of benzene rings is 1. The minimum atomic E-state index is -0.638. The fraction of sp³-hybridized carbons (Fsp3) is 0.105. The Balaban J connectivity index is 1.80. The zero-order chi connectivity index (χ0) is 19.4. The Hall–Kier alpha value is -3.68. The Morgan fingerprint density at radius 2 is 1.89 bits per heavy atom. The maximum absolute atomic E-state index is 14.1. The highest BCUT2D eigenvalue weighted by Gasteiger charge is 2.16. The minimum Gasteiger partial charge on any atom is -0.480 e. The van der Waals surface area contributed by atoms with Crippen molar-refractivity contribution in [3.63, 3.8) is 0 Å². The molecule has 3 rings (SSSR count). The van der Waals surface area contributed by atoms with Gasteiger partial charge >= 0.3 is 0 Å². The number of methoxy groups -OCH3 is 1. The van der Waals surface area contributed by atoms with Crippen LogP contribution in [0, 0.1) is 12.7 Å². The summed E-state index contributed by atoms with van der Waals surface area (Å²) in [5.74, 6) is -1.05. The maximum atomic E-state index is 14.1. The van der Waals surface area contributed by atoms with Gasteiger partial charge in [0, 0.05) is 11.9 Å². The van der Waals surface area contributed by atoms with Crippen LogP contribution in [0.1, 0.15) is 26.5 Å². The number of aromatic nitrogens is 1. The molecule has 27 heavy (non-hydrogen) atoms. The quantitative estimate of drug-likeness (QED) is 0.716. The number of amides is 2. The average molecular weight is 369 g/mol. The normalized spacial score (nSPS) is 10.3. The lowest BCUT2D eigenvalue weighted by Crippen LogP contribution is -2.16. The minimum absolute atomic E-state index is 0.0726. The monoisotopic (exact) mass is 369 g/mol. The fourth-order valence-electron chi connectivity index (χ4n) is 2.43. The van der Waals surface area contributed by atoms with Crippen molar-refractivity contribution in [2.24, 2.45) is 0 Å². The number of carbonyl (C=O) groups is 2. The predicted octanol–water partition coefficient (Wildman–Crippen LogP) is 3.64. The third-order valence-corrected chi connectivity index (χ3v) is 3.79. The molecule has 0 aliphatic carbocycles. The molecule has 7 nitrogen and oxygen atoms in total. The molecule has 2 N–H and O–H groups in total. The Kier molecular flexibility index (Phi) is 5.16. The van der Waals surface area contributed by atoms with Crippen LogP contribution in [0.5, 0.6) is 5.88 Å². The largest absolute Gasteiger partial charge is 0.480 e. The van der Waals surface area contributed by atoms with Crippen molar-refractivity contribution in [3.8, 4) is 5.88 Å². The summed E-state index contributed by atoms with van der Waals surface area (Å²) in [5, 5.41) is 5.09. The number of nitrogens with zero attached hydrogens (tertiary/aromatic N) is 1. The van der Waals surface area contributed by atoms with E-state index in [9.17, 15) is 14.0 Å². The topological polar surface area (TPSA) is 93.5 Å². The van der Waals surface area contributed by atoms with Crippen LogP contribution >= 0.6 is 0 Å². The second kappa shape index (κ2) is 7.69. The van der Waals surface area contributed by atoms with E-state index in [0.29, 0.717) is 17.0 Å². The molecule has 2 amide bonds. The summed E-state index contributed by atoms with van der Waals surface area (Å²) >= 11 is 0. The first kappa shape index (κ1) is 18.1. The van der Waals surface area contributed by atoms with Crippen molar-refractivity contribution in [1.29, 1.82) is 0 Å². The lowest BCUT2D eigenvalue weighted by molar-refractivity contribution is 0.101. The van der Waals surface area contributed by atoms with Crippen molar-refractivity contribution in [2.75, 3.05) is 17.7 Å². The maximum Gasteiger partial charge on any atom is 0.261 e. The SMILES string of the molecule is COc1ncccc1C(=O)Nc1ccc(F)c(NC(=O)c2ccoc2C)c1. The first-order chi connectivity index (χ1) is 13.0. The molecule has 0 bridgehead atoms. The van der Waals surface area contributed by atoms with Crippen LogP contribution in [0.4, 0.5) is 15.8 Å². The molecule has 2 aromatic heterocycles. The Morgan fingerprint density at radius 3 is 2.59 bits per heavy atom. The van der Waals surface area contributed by atoms with Gasteiger partial charge in [0.15, 0.2) is 0 Å². The molecular weight excluding hydrogens is 353 g/mol. The first-order valence-electron chi connectivity index (χ1n) is 7.95. The van der Waals surface area contributed by atoms with E-state index in [1.807, 2.05) is 0 Å². The second-order valence-electron chi connectivity index (χ2n) is 5.55. The number of aryl methyl sites for hydroxylation is 1. The number of hydrogen-bond donors (Lipinski definition) is 2. The van der Waals surface area contributed by atoms with Crippen molar-refractivity contribution in [1.82, 2.24) is 4.98 Å². The number of halogens is 1. The van der Waals surface area contributed by atoms with Gasteiger partial charge in [-0.1, -0.05) is 0 Å². The van der Waals surface area contributed by atoms with Crippen LogP contribution in [0.3, 0.4) is 0 Å². The van der Waals surface area contributed by atoms with Gasteiger partial charge in [-0.2, -0.15) is 0 Å². The molecular formula is C19H16FN3O4. The third kappa shape index (κ3) is 3.95. The van der Waals surface area contributed by atoms with Crippen molar-refractivity contribution in [2.45, 2.75) is 6.92 Å². The standard InChI is InChI=1S/C19H16FN3O4/c1-11-13(7-9-27-11)17(24)23-16-10-12(5-6-15(16)20)22-18(25)14-4-3-8-21-19(14)26-2/h3-10H,1-2H3,(H,22,25)(H,23,24). The number of pyridine rings is 1. The van der Waals surface area contributed by atoms with E-state index in [1.165, 1.54) is 37.8 Å². The van der Waals surface area contributed by atoms with Crippen LogP contribution in [0.25, 0.3) is 0 Å². The van der Waals surface area contributed by atoms with E-state index in [-0.39, 0.29) is 17.1 Å². The molecule has 0 unspecified atom stereocenters. The highest BCUT2D eigenvalue weighted by atomic mass is 19.1. The lowest BCUT2D eigenvalue weighted by atomic mass is 10.2. The molecule has 3 aromatic rings. The summed E-state index contributed by atoms with van der Waals surface area (Å²) < 4.78 is 24.2. The molecule has 0 atom stereocenters. The lowest BCUT2D eigenvalue weighted by Gasteiger charge is -2.11. The van der Waals surface area contributed by atoms with Gasteiger partial charge in [0.2, 0.25) is 5.88 Å². The van der Waals surface area contributed by atoms with E-state index < -0.39 is 17.6 Å². The number of ether oxygens (including phenoxy) is 1. The van der Waals surface area contributed by atoms with Crippen LogP contribution in [-0.2, 0) is 0 Å². The Morgan fingerprint density at radius 1 is 1.11 bits per heavy atom. The molecule has 1 aromatic carbocycles. The first-order valence-corrected chi connectivity index (χ1v) is 7.95. The molecule has 0 radical (unpaired) electrons. The summed E-state index contributed by atoms with van der Waals surface area (Å²) in [6, 6.07) is 8.49. The van der Waals surface area contributed by atoms with Gasteiger partial charge in [0.25, 0.3) is 11.8 Å². The summed E-state index contributed by atoms with van der Waals surface area (Å²) in [5.41, 5.74) is 0.746. The van der Waals surface area contributed by atoms with Gasteiger partial charge in [0.1, 0.15) is 17.1 Å². The zero-order valence-electron chi connectivity index (χ0n) is 14.6. The highest BCUT2D eigenvalue weighted by molar-refractivity contribution is 6.07. The third-order valence-electron chi connectivity index (χ3n) is 3.79. The molecule has 0 fully saturated rings. The Labute approximate surface area is 154 Å². The van der Waals surface area contributed by atoms with Crippen LogP contribution in [0.15, 0.2) is 53.3 Å². The van der Waals surface area contributed by atoms with Crippen LogP contribution < -0.4 is 15.4 Å². The van der Waals surface area contributed by atoms with E-state index in [1.54, 1.807) is 19.1 Å². The Bertz CT molecular complexity index is 1000. The van der Waals surface area contributed by atoms with Gasteiger partial charge in [-0.15, -0.1) is 0 Å². The molecule has 0 aliphatic heterocycles. The summed E-state index contributed by atoms with van der Waals surface area (Å²) in [6.45, 7) is 1.63. The van der Waals surface area contributed by atoms with E-state index in [2.05, 4.69) is 15.6 Å². The zero-order valence-corrected chi connectivity index (χ0v) is 14.6. The van der Waals surface area contributed by atoms with Crippen LogP contribution in [-0.4, -0.2) is 23.9 Å². The number of furan rings is 1. The molecule has 138 valence electrons. The number of rotatable bonds is 5. The van der Waals surface area contributed by atoms with Gasteiger partial charge < -0.3 is 19.8 Å². The molecule has 0 saturated carbocycles. The predicted molar refractivity (Wildman–Crippen MR) is 96.5 cm³/mol. The number of carbonyl (C=O) groups excluding carboxylic acids is 2. The highest BCUT2D eigenvalue weighted by Crippen LogP contribution is 2.23. The van der Waals surface area contributed by atoms with Gasteiger partial charge in [-0.3, -0.25) is 9.59 Å². The molecule has 8 heteroatoms.